The van der Waals surface area contributed by atoms with Gasteiger partial charge in [0.2, 0.25) is 5.91 Å². The van der Waals surface area contributed by atoms with E-state index in [1.807, 2.05) is 43.3 Å². The smallest absolute Gasteiger partial charge is 0.255 e. The van der Waals surface area contributed by atoms with Crippen molar-refractivity contribution in [1.29, 1.82) is 0 Å². The maximum Gasteiger partial charge on any atom is 0.255 e. The summed E-state index contributed by atoms with van der Waals surface area (Å²) in [5, 5.41) is 0. The summed E-state index contributed by atoms with van der Waals surface area (Å²) in [7, 11) is 0. The number of para-hydroxylation sites is 1. The van der Waals surface area contributed by atoms with Crippen molar-refractivity contribution in [2.45, 2.75) is 13.3 Å². The van der Waals surface area contributed by atoms with Gasteiger partial charge < -0.3 is 4.90 Å². The second-order valence-electron chi connectivity index (χ2n) is 4.97. The maximum atomic E-state index is 12.5. The molecule has 4 heteroatoms. The van der Waals surface area contributed by atoms with E-state index in [0.29, 0.717) is 18.5 Å². The van der Waals surface area contributed by atoms with Crippen LogP contribution in [0.2, 0.25) is 0 Å². The van der Waals surface area contributed by atoms with E-state index in [0.717, 1.165) is 5.69 Å². The molecule has 1 aromatic carbocycles. The number of nitrogens with zero attached hydrogens (tertiary/aromatic N) is 2. The van der Waals surface area contributed by atoms with Gasteiger partial charge in [-0.25, -0.2) is 0 Å². The summed E-state index contributed by atoms with van der Waals surface area (Å²) >= 11 is 0. The lowest BCUT2D eigenvalue weighted by atomic mass is 10.1. The first kappa shape index (κ1) is 15.8. The molecule has 0 spiro atoms. The van der Waals surface area contributed by atoms with Crippen LogP contribution in [0.5, 0.6) is 0 Å². The lowest BCUT2D eigenvalue weighted by Gasteiger charge is -2.35. The van der Waals surface area contributed by atoms with E-state index < -0.39 is 0 Å². The molecule has 0 atom stereocenters. The van der Waals surface area contributed by atoms with Gasteiger partial charge in [-0.05, 0) is 25.1 Å². The number of carbonyl (C=O) groups excluding carboxylic acids is 2. The first-order valence-electron chi connectivity index (χ1n) is 7.27. The molecule has 1 aromatic rings. The van der Waals surface area contributed by atoms with Crippen LogP contribution in [0.4, 0.5) is 5.69 Å². The molecule has 1 aliphatic heterocycles. The first-order chi connectivity index (χ1) is 10.7. The molecule has 0 aromatic heterocycles. The van der Waals surface area contributed by atoms with Gasteiger partial charge in [0.05, 0.1) is 0 Å². The molecule has 1 heterocycles. The van der Waals surface area contributed by atoms with Crippen LogP contribution in [0, 0.1) is 0 Å². The summed E-state index contributed by atoms with van der Waals surface area (Å²) in [4.78, 5) is 28.0. The lowest BCUT2D eigenvalue weighted by molar-refractivity contribution is -0.130. The molecule has 0 radical (unpaired) electrons. The number of anilines is 1. The van der Waals surface area contributed by atoms with Gasteiger partial charge in [-0.3, -0.25) is 14.5 Å². The van der Waals surface area contributed by atoms with Crippen LogP contribution < -0.4 is 4.90 Å². The van der Waals surface area contributed by atoms with Gasteiger partial charge in [-0.1, -0.05) is 43.0 Å². The second kappa shape index (κ2) is 7.41. The van der Waals surface area contributed by atoms with Crippen molar-refractivity contribution in [2.75, 3.05) is 18.1 Å². The van der Waals surface area contributed by atoms with Crippen molar-refractivity contribution in [3.63, 3.8) is 0 Å². The molecule has 0 bridgehead atoms. The van der Waals surface area contributed by atoms with Gasteiger partial charge in [0.25, 0.3) is 5.91 Å². The van der Waals surface area contributed by atoms with Gasteiger partial charge in [0, 0.05) is 24.2 Å². The van der Waals surface area contributed by atoms with E-state index in [1.165, 1.54) is 0 Å². The van der Waals surface area contributed by atoms with E-state index in [9.17, 15) is 9.59 Å². The predicted molar refractivity (Wildman–Crippen MR) is 88.2 cm³/mol. The fraction of sp³-hybridized carbons (Fsp3) is 0.222. The number of rotatable bonds is 4. The Kier molecular flexibility index (Phi) is 5.31. The van der Waals surface area contributed by atoms with Crippen LogP contribution in [0.15, 0.2) is 66.8 Å². The third-order valence-corrected chi connectivity index (χ3v) is 3.50. The van der Waals surface area contributed by atoms with Crippen molar-refractivity contribution < 1.29 is 9.59 Å². The van der Waals surface area contributed by atoms with Gasteiger partial charge in [0.15, 0.2) is 0 Å². The molecule has 22 heavy (non-hydrogen) atoms. The zero-order valence-electron chi connectivity index (χ0n) is 12.7. The molecular formula is C18H20N2O2. The zero-order valence-corrected chi connectivity index (χ0v) is 12.7. The normalized spacial score (nSPS) is 16.2. The zero-order chi connectivity index (χ0) is 15.9. The van der Waals surface area contributed by atoms with Crippen molar-refractivity contribution >= 4 is 17.5 Å². The van der Waals surface area contributed by atoms with Crippen molar-refractivity contribution in [1.82, 2.24) is 4.90 Å². The van der Waals surface area contributed by atoms with E-state index in [4.69, 9.17) is 0 Å². The summed E-state index contributed by atoms with van der Waals surface area (Å²) in [5.74, 6) is -0.0747. The highest BCUT2D eigenvalue weighted by Gasteiger charge is 2.28. The Labute approximate surface area is 131 Å². The Bertz CT molecular complexity index is 617. The Balaban J connectivity index is 2.18. The molecule has 114 valence electrons. The fourth-order valence-corrected chi connectivity index (χ4v) is 2.29. The standard InChI is InChI=1S/C18H20N2O2/c1-3-5-9-15(4-2)18(22)19-13-12-17(21)20(14-19)16-10-7-6-8-11-16/h3-11H,2,12-14H2,1H3/b5-3-,15-9+. The number of amides is 2. The van der Waals surface area contributed by atoms with E-state index in [1.54, 1.807) is 28.0 Å². The second-order valence-corrected chi connectivity index (χ2v) is 4.97. The van der Waals surface area contributed by atoms with Crippen LogP contribution in [-0.2, 0) is 9.59 Å². The monoisotopic (exact) mass is 296 g/mol. The Hall–Kier alpha value is -2.62. The van der Waals surface area contributed by atoms with Crippen LogP contribution in [0.1, 0.15) is 13.3 Å². The molecule has 0 unspecified atom stereocenters. The van der Waals surface area contributed by atoms with Crippen LogP contribution >= 0.6 is 0 Å². The van der Waals surface area contributed by atoms with Crippen molar-refractivity contribution in [2.24, 2.45) is 0 Å². The molecule has 0 saturated carbocycles. The number of benzene rings is 1. The largest absolute Gasteiger partial charge is 0.320 e. The lowest BCUT2D eigenvalue weighted by Crippen LogP contribution is -2.50. The predicted octanol–water partition coefficient (Wildman–Crippen LogP) is 2.90. The third kappa shape index (κ3) is 3.52. The Morgan fingerprint density at radius 1 is 1.27 bits per heavy atom. The molecule has 0 N–H and O–H groups in total. The maximum absolute atomic E-state index is 12.5. The summed E-state index contributed by atoms with van der Waals surface area (Å²) < 4.78 is 0. The van der Waals surface area contributed by atoms with Crippen LogP contribution in [0.25, 0.3) is 0 Å². The van der Waals surface area contributed by atoms with Crippen molar-refractivity contribution in [3.05, 3.63) is 66.8 Å². The minimum absolute atomic E-state index is 0.0350. The number of hydrogen-bond acceptors (Lipinski definition) is 2. The highest BCUT2D eigenvalue weighted by molar-refractivity contribution is 6.00. The third-order valence-electron chi connectivity index (χ3n) is 3.50. The molecule has 1 aliphatic rings. The van der Waals surface area contributed by atoms with Crippen LogP contribution in [0.3, 0.4) is 0 Å². The topological polar surface area (TPSA) is 40.6 Å². The fourth-order valence-electron chi connectivity index (χ4n) is 2.29. The average molecular weight is 296 g/mol. The molecule has 1 fully saturated rings. The Morgan fingerprint density at radius 3 is 2.64 bits per heavy atom. The molecule has 2 rings (SSSR count). The molecule has 0 aliphatic carbocycles. The highest BCUT2D eigenvalue weighted by Crippen LogP contribution is 2.20. The molecule has 4 nitrogen and oxygen atoms in total. The number of allylic oxidation sites excluding steroid dienone is 3. The number of carbonyl (C=O) groups is 2. The van der Waals surface area contributed by atoms with Crippen molar-refractivity contribution in [3.8, 4) is 0 Å². The van der Waals surface area contributed by atoms with Gasteiger partial charge >= 0.3 is 0 Å². The summed E-state index contributed by atoms with van der Waals surface area (Å²) in [6.07, 6.45) is 7.27. The summed E-state index contributed by atoms with van der Waals surface area (Å²) in [6.45, 7) is 6.28. The minimum atomic E-state index is -0.110. The molecule has 1 saturated heterocycles. The van der Waals surface area contributed by atoms with Crippen LogP contribution in [-0.4, -0.2) is 29.9 Å². The van der Waals surface area contributed by atoms with E-state index in [2.05, 4.69) is 6.58 Å². The first-order valence-corrected chi connectivity index (χ1v) is 7.27. The summed E-state index contributed by atoms with van der Waals surface area (Å²) in [5.41, 5.74) is 1.34. The molecule has 2 amide bonds. The minimum Gasteiger partial charge on any atom is -0.320 e. The highest BCUT2D eigenvalue weighted by atomic mass is 16.2. The quantitative estimate of drug-likeness (QED) is 0.633. The Morgan fingerprint density at radius 2 is 2.00 bits per heavy atom. The average Bonchev–Trinajstić information content (AvgIpc) is 2.56. The van der Waals surface area contributed by atoms with Gasteiger partial charge in [-0.2, -0.15) is 0 Å². The molecular weight excluding hydrogens is 276 g/mol. The van der Waals surface area contributed by atoms with Gasteiger partial charge in [0.1, 0.15) is 6.67 Å². The van der Waals surface area contributed by atoms with E-state index in [-0.39, 0.29) is 18.5 Å². The van der Waals surface area contributed by atoms with E-state index >= 15 is 0 Å². The SMILES string of the molecule is C=C/C(=C\C=C/C)C(=O)N1CCC(=O)N(c2ccccc2)C1. The van der Waals surface area contributed by atoms with Gasteiger partial charge in [-0.15, -0.1) is 0 Å². The number of hydrogen-bond donors (Lipinski definition) is 0. The summed E-state index contributed by atoms with van der Waals surface area (Å²) in [6, 6.07) is 9.40.